The summed E-state index contributed by atoms with van der Waals surface area (Å²) in [6.45, 7) is 2.15. The third kappa shape index (κ3) is 4.63. The molecule has 78 valence electrons. The zero-order chi connectivity index (χ0) is 10.2. The zero-order valence-corrected chi connectivity index (χ0v) is 9.58. The van der Waals surface area contributed by atoms with Crippen molar-refractivity contribution in [2.75, 3.05) is 19.3 Å². The molecule has 0 unspecified atom stereocenters. The molecule has 3 heteroatoms. The van der Waals surface area contributed by atoms with E-state index < -0.39 is 0 Å². The molecule has 0 aliphatic carbocycles. The van der Waals surface area contributed by atoms with Crippen LogP contribution >= 0.6 is 12.6 Å². The normalized spacial score (nSPS) is 10.8. The molecule has 0 saturated carbocycles. The van der Waals surface area contributed by atoms with Gasteiger partial charge in [-0.25, -0.2) is 0 Å². The second-order valence-corrected chi connectivity index (χ2v) is 3.97. The molecule has 1 aromatic rings. The number of hydrogen-bond donors (Lipinski definition) is 1. The first kappa shape index (κ1) is 11.5. The lowest BCUT2D eigenvalue weighted by Gasteiger charge is -2.15. The smallest absolute Gasteiger partial charge is 0.0271 e. The number of pyridine rings is 1. The van der Waals surface area contributed by atoms with Gasteiger partial charge in [-0.05, 0) is 49.9 Å². The molecule has 0 radical (unpaired) electrons. The van der Waals surface area contributed by atoms with E-state index in [1.807, 2.05) is 12.4 Å². The molecule has 0 atom stereocenters. The van der Waals surface area contributed by atoms with E-state index >= 15 is 0 Å². The van der Waals surface area contributed by atoms with Crippen LogP contribution in [0.5, 0.6) is 0 Å². The molecule has 1 rings (SSSR count). The molecule has 0 aliphatic heterocycles. The monoisotopic (exact) mass is 210 g/mol. The number of thiol groups is 1. The van der Waals surface area contributed by atoms with Gasteiger partial charge in [-0.3, -0.25) is 4.98 Å². The summed E-state index contributed by atoms with van der Waals surface area (Å²) >= 11 is 4.20. The van der Waals surface area contributed by atoms with Crippen molar-refractivity contribution in [1.29, 1.82) is 0 Å². The minimum absolute atomic E-state index is 0.989. The van der Waals surface area contributed by atoms with Crippen LogP contribution in [0.25, 0.3) is 0 Å². The van der Waals surface area contributed by atoms with Gasteiger partial charge in [-0.2, -0.15) is 12.6 Å². The Labute approximate surface area is 91.8 Å². The van der Waals surface area contributed by atoms with Crippen LogP contribution in [0.4, 0.5) is 0 Å². The lowest BCUT2D eigenvalue weighted by atomic mass is 10.2. The summed E-state index contributed by atoms with van der Waals surface area (Å²) in [6.07, 6.45) is 6.11. The lowest BCUT2D eigenvalue weighted by molar-refractivity contribution is 0.321. The van der Waals surface area contributed by atoms with Gasteiger partial charge in [0.2, 0.25) is 0 Å². The Morgan fingerprint density at radius 2 is 2.00 bits per heavy atom. The minimum atomic E-state index is 0.989. The van der Waals surface area contributed by atoms with E-state index in [2.05, 4.69) is 41.7 Å². The first-order valence-electron chi connectivity index (χ1n) is 5.01. The van der Waals surface area contributed by atoms with E-state index in [1.165, 1.54) is 18.4 Å². The van der Waals surface area contributed by atoms with Crippen molar-refractivity contribution in [2.24, 2.45) is 0 Å². The number of aromatic nitrogens is 1. The highest BCUT2D eigenvalue weighted by atomic mass is 32.1. The maximum absolute atomic E-state index is 4.20. The van der Waals surface area contributed by atoms with Crippen LogP contribution in [0.1, 0.15) is 18.4 Å². The second-order valence-electron chi connectivity index (χ2n) is 3.52. The average molecular weight is 210 g/mol. The maximum atomic E-state index is 4.20. The fourth-order valence-electron chi connectivity index (χ4n) is 1.37. The predicted molar refractivity (Wildman–Crippen MR) is 63.7 cm³/mol. The quantitative estimate of drug-likeness (QED) is 0.572. The molecular weight excluding hydrogens is 192 g/mol. The molecule has 0 fully saturated rings. The van der Waals surface area contributed by atoms with E-state index in [4.69, 9.17) is 0 Å². The van der Waals surface area contributed by atoms with Crippen LogP contribution in [-0.4, -0.2) is 29.2 Å². The lowest BCUT2D eigenvalue weighted by Crippen LogP contribution is -2.19. The molecule has 0 N–H and O–H groups in total. The van der Waals surface area contributed by atoms with Crippen molar-refractivity contribution in [3.8, 4) is 0 Å². The molecule has 14 heavy (non-hydrogen) atoms. The van der Waals surface area contributed by atoms with Gasteiger partial charge in [-0.15, -0.1) is 0 Å². The van der Waals surface area contributed by atoms with E-state index in [-0.39, 0.29) is 0 Å². The Morgan fingerprint density at radius 3 is 2.64 bits per heavy atom. The van der Waals surface area contributed by atoms with Crippen LogP contribution in [0.3, 0.4) is 0 Å². The number of nitrogens with zero attached hydrogens (tertiary/aromatic N) is 2. The van der Waals surface area contributed by atoms with Crippen LogP contribution < -0.4 is 0 Å². The Balaban J connectivity index is 2.23. The summed E-state index contributed by atoms with van der Waals surface area (Å²) in [5.74, 6) is 0.989. The molecular formula is C11H18N2S. The van der Waals surface area contributed by atoms with Crippen LogP contribution in [0.2, 0.25) is 0 Å². The van der Waals surface area contributed by atoms with Gasteiger partial charge in [0, 0.05) is 18.9 Å². The summed E-state index contributed by atoms with van der Waals surface area (Å²) < 4.78 is 0. The van der Waals surface area contributed by atoms with Gasteiger partial charge in [-0.1, -0.05) is 0 Å². The van der Waals surface area contributed by atoms with E-state index in [0.717, 1.165) is 18.8 Å². The van der Waals surface area contributed by atoms with E-state index in [1.54, 1.807) is 0 Å². The molecule has 1 heterocycles. The molecule has 0 spiro atoms. The molecule has 0 aromatic carbocycles. The van der Waals surface area contributed by atoms with Gasteiger partial charge in [0.05, 0.1) is 0 Å². The van der Waals surface area contributed by atoms with Crippen molar-refractivity contribution in [2.45, 2.75) is 19.4 Å². The fraction of sp³-hybridized carbons (Fsp3) is 0.545. The second kappa shape index (κ2) is 6.85. The van der Waals surface area contributed by atoms with Crippen molar-refractivity contribution >= 4 is 12.6 Å². The molecule has 0 aliphatic rings. The van der Waals surface area contributed by atoms with Crippen molar-refractivity contribution in [3.63, 3.8) is 0 Å². The standard InChI is InChI=1S/C11H18N2S/c1-13(8-2-3-9-14)10-11-4-6-12-7-5-11/h4-7,14H,2-3,8-10H2,1H3. The van der Waals surface area contributed by atoms with Gasteiger partial charge < -0.3 is 4.90 Å². The SMILES string of the molecule is CN(CCCCS)Cc1ccncc1. The number of unbranched alkanes of at least 4 members (excludes halogenated alkanes) is 1. The summed E-state index contributed by atoms with van der Waals surface area (Å²) in [6, 6.07) is 4.13. The first-order valence-corrected chi connectivity index (χ1v) is 5.64. The molecule has 2 nitrogen and oxygen atoms in total. The Morgan fingerprint density at radius 1 is 1.29 bits per heavy atom. The molecule has 0 saturated heterocycles. The van der Waals surface area contributed by atoms with Gasteiger partial charge in [0.25, 0.3) is 0 Å². The molecule has 0 amide bonds. The third-order valence-corrected chi connectivity index (χ3v) is 2.47. The highest BCUT2D eigenvalue weighted by Gasteiger charge is 1.98. The summed E-state index contributed by atoms with van der Waals surface area (Å²) in [5, 5.41) is 0. The summed E-state index contributed by atoms with van der Waals surface area (Å²) in [7, 11) is 2.15. The van der Waals surface area contributed by atoms with Crippen LogP contribution in [0, 0.1) is 0 Å². The number of rotatable bonds is 6. The molecule has 0 bridgehead atoms. The number of hydrogen-bond acceptors (Lipinski definition) is 3. The fourth-order valence-corrected chi connectivity index (χ4v) is 1.60. The van der Waals surface area contributed by atoms with E-state index in [9.17, 15) is 0 Å². The summed E-state index contributed by atoms with van der Waals surface area (Å²) in [5.41, 5.74) is 1.33. The van der Waals surface area contributed by atoms with Gasteiger partial charge >= 0.3 is 0 Å². The summed E-state index contributed by atoms with van der Waals surface area (Å²) in [4.78, 5) is 6.33. The minimum Gasteiger partial charge on any atom is -0.302 e. The zero-order valence-electron chi connectivity index (χ0n) is 8.69. The van der Waals surface area contributed by atoms with Crippen LogP contribution in [0.15, 0.2) is 24.5 Å². The maximum Gasteiger partial charge on any atom is 0.0271 e. The van der Waals surface area contributed by atoms with Crippen LogP contribution in [-0.2, 0) is 6.54 Å². The van der Waals surface area contributed by atoms with Gasteiger partial charge in [0.1, 0.15) is 0 Å². The third-order valence-electron chi connectivity index (χ3n) is 2.15. The van der Waals surface area contributed by atoms with Gasteiger partial charge in [0.15, 0.2) is 0 Å². The Hall–Kier alpha value is -0.540. The highest BCUT2D eigenvalue weighted by molar-refractivity contribution is 7.80. The predicted octanol–water partition coefficient (Wildman–Crippen LogP) is 2.22. The van der Waals surface area contributed by atoms with Crippen molar-refractivity contribution in [1.82, 2.24) is 9.88 Å². The molecule has 1 aromatic heterocycles. The Bertz CT molecular complexity index is 238. The highest BCUT2D eigenvalue weighted by Crippen LogP contribution is 2.02. The largest absolute Gasteiger partial charge is 0.302 e. The van der Waals surface area contributed by atoms with Crippen molar-refractivity contribution < 1.29 is 0 Å². The van der Waals surface area contributed by atoms with E-state index in [0.29, 0.717) is 0 Å². The topological polar surface area (TPSA) is 16.1 Å². The first-order chi connectivity index (χ1) is 6.83. The average Bonchev–Trinajstić information content (AvgIpc) is 2.20. The van der Waals surface area contributed by atoms with Crippen molar-refractivity contribution in [3.05, 3.63) is 30.1 Å². The Kier molecular flexibility index (Phi) is 5.64.